The van der Waals surface area contributed by atoms with Gasteiger partial charge in [-0.05, 0) is 43.8 Å². The lowest BCUT2D eigenvalue weighted by atomic mass is 9.94. The van der Waals surface area contributed by atoms with Gasteiger partial charge in [0.25, 0.3) is 0 Å². The largest absolute Gasteiger partial charge is 0.466 e. The fourth-order valence-corrected chi connectivity index (χ4v) is 3.58. The van der Waals surface area contributed by atoms with Gasteiger partial charge in [-0.25, -0.2) is 4.79 Å². The molecule has 0 aliphatic carbocycles. The molecule has 1 aromatic carbocycles. The summed E-state index contributed by atoms with van der Waals surface area (Å²) in [7, 11) is 3.03. The number of benzene rings is 1. The van der Waals surface area contributed by atoms with Crippen LogP contribution < -0.4 is 5.32 Å². The van der Waals surface area contributed by atoms with E-state index in [1.54, 1.807) is 7.11 Å². The Bertz CT molecular complexity index is 660. The van der Waals surface area contributed by atoms with Gasteiger partial charge in [-0.3, -0.25) is 0 Å². The molecule has 2 atom stereocenters. The van der Waals surface area contributed by atoms with Crippen molar-refractivity contribution in [2.24, 2.45) is 0 Å². The Morgan fingerprint density at radius 1 is 1.38 bits per heavy atom. The first kappa shape index (κ1) is 18.9. The zero-order chi connectivity index (χ0) is 17.9. The Morgan fingerprint density at radius 2 is 2.00 bits per heavy atom. The van der Waals surface area contributed by atoms with E-state index < -0.39 is 0 Å². The molecule has 130 valence electrons. The number of esters is 1. The van der Waals surface area contributed by atoms with Gasteiger partial charge in [0.1, 0.15) is 0 Å². The average Bonchev–Trinajstić information content (AvgIpc) is 2.54. The van der Waals surface area contributed by atoms with Crippen molar-refractivity contribution in [1.29, 1.82) is 0 Å². The fourth-order valence-electron chi connectivity index (χ4n) is 2.88. The number of carbonyl (C=O) groups excluding carboxylic acids is 1. The number of nitrogens with zero attached hydrogens (tertiary/aromatic N) is 1. The second kappa shape index (κ2) is 8.09. The summed E-state index contributed by atoms with van der Waals surface area (Å²) in [4.78, 5) is 14.3. The molecule has 0 saturated carbocycles. The second-order valence-corrected chi connectivity index (χ2v) is 6.90. The number of halogens is 1. The quantitative estimate of drug-likeness (QED) is 0.591. The Hall–Kier alpha value is -1.44. The molecule has 24 heavy (non-hydrogen) atoms. The molecule has 0 amide bonds. The molecule has 1 aliphatic heterocycles. The van der Waals surface area contributed by atoms with E-state index in [0.717, 1.165) is 15.7 Å². The predicted molar refractivity (Wildman–Crippen MR) is 101 cm³/mol. The fraction of sp³-hybridized carbons (Fsp3) is 0.412. The molecular formula is C17H21BrN2O3S. The summed E-state index contributed by atoms with van der Waals surface area (Å²) in [5.41, 5.74) is 2.28. The van der Waals surface area contributed by atoms with Crippen molar-refractivity contribution < 1.29 is 14.3 Å². The summed E-state index contributed by atoms with van der Waals surface area (Å²) in [5.74, 6) is -0.370. The molecule has 2 rings (SSSR count). The minimum atomic E-state index is -0.370. The lowest BCUT2D eigenvalue weighted by molar-refractivity contribution is -0.136. The van der Waals surface area contributed by atoms with Crippen LogP contribution in [0.1, 0.15) is 25.5 Å². The number of hydrogen-bond acceptors (Lipinski definition) is 4. The maximum absolute atomic E-state index is 12.4. The van der Waals surface area contributed by atoms with Gasteiger partial charge in [-0.1, -0.05) is 28.1 Å². The zero-order valence-electron chi connectivity index (χ0n) is 14.1. The minimum absolute atomic E-state index is 0.000485. The number of hydrogen-bond donors (Lipinski definition) is 1. The summed E-state index contributed by atoms with van der Waals surface area (Å²) < 4.78 is 11.2. The van der Waals surface area contributed by atoms with Crippen molar-refractivity contribution in [2.45, 2.75) is 25.9 Å². The summed E-state index contributed by atoms with van der Waals surface area (Å²) in [6.07, 6.45) is 0. The Kier molecular flexibility index (Phi) is 6.37. The summed E-state index contributed by atoms with van der Waals surface area (Å²) in [6.45, 7) is 4.38. The van der Waals surface area contributed by atoms with Gasteiger partial charge in [-0.15, -0.1) is 0 Å². The number of rotatable bonds is 5. The molecule has 1 heterocycles. The van der Waals surface area contributed by atoms with E-state index in [2.05, 4.69) is 21.2 Å². The molecule has 0 unspecified atom stereocenters. The molecule has 0 spiro atoms. The van der Waals surface area contributed by atoms with Crippen molar-refractivity contribution in [1.82, 2.24) is 10.2 Å². The van der Waals surface area contributed by atoms with Crippen LogP contribution in [0.4, 0.5) is 0 Å². The van der Waals surface area contributed by atoms with Gasteiger partial charge < -0.3 is 19.7 Å². The van der Waals surface area contributed by atoms with Crippen LogP contribution in [0, 0.1) is 0 Å². The van der Waals surface area contributed by atoms with Crippen molar-refractivity contribution in [3.05, 3.63) is 45.6 Å². The number of thiocarbonyl (C=S) groups is 1. The maximum Gasteiger partial charge on any atom is 0.337 e. The standard InChI is InChI=1S/C17H21BrN2O3S/c1-10(9-22-3)20-11(2)14(16(21)23-4)15(19-17(20)24)12-5-7-13(18)8-6-12/h5-8,10,15H,9H2,1-4H3,(H,19,24)/t10-,15-/m1/s1. The maximum atomic E-state index is 12.4. The van der Waals surface area contributed by atoms with Crippen LogP contribution in [0.5, 0.6) is 0 Å². The summed E-state index contributed by atoms with van der Waals surface area (Å²) in [6, 6.07) is 7.43. The zero-order valence-corrected chi connectivity index (χ0v) is 16.5. The van der Waals surface area contributed by atoms with E-state index in [0.29, 0.717) is 17.3 Å². The SMILES string of the molecule is COC[C@@H](C)N1C(=S)N[C@H](c2ccc(Br)cc2)C(C(=O)OC)=C1C. The molecule has 0 saturated heterocycles. The summed E-state index contributed by atoms with van der Waals surface area (Å²) in [5, 5.41) is 3.83. The van der Waals surface area contributed by atoms with Crippen LogP contribution >= 0.6 is 28.1 Å². The first-order valence-corrected chi connectivity index (χ1v) is 8.74. The topological polar surface area (TPSA) is 50.8 Å². The first-order valence-electron chi connectivity index (χ1n) is 7.53. The lowest BCUT2D eigenvalue weighted by Crippen LogP contribution is -2.52. The Morgan fingerprint density at radius 3 is 2.54 bits per heavy atom. The van der Waals surface area contributed by atoms with Crippen LogP contribution in [-0.4, -0.2) is 42.8 Å². The van der Waals surface area contributed by atoms with Gasteiger partial charge in [0.05, 0.1) is 31.4 Å². The lowest BCUT2D eigenvalue weighted by Gasteiger charge is -2.40. The van der Waals surface area contributed by atoms with Crippen molar-refractivity contribution in [3.63, 3.8) is 0 Å². The molecule has 0 fully saturated rings. The number of methoxy groups -OCH3 is 2. The number of carbonyl (C=O) groups is 1. The molecule has 0 aromatic heterocycles. The van der Waals surface area contributed by atoms with E-state index in [1.165, 1.54) is 7.11 Å². The third kappa shape index (κ3) is 3.79. The van der Waals surface area contributed by atoms with E-state index in [9.17, 15) is 4.79 Å². The smallest absolute Gasteiger partial charge is 0.337 e. The highest BCUT2D eigenvalue weighted by molar-refractivity contribution is 9.10. The Labute approximate surface area is 156 Å². The van der Waals surface area contributed by atoms with E-state index in [4.69, 9.17) is 21.7 Å². The number of ether oxygens (including phenoxy) is 2. The Balaban J connectivity index is 2.51. The molecule has 1 aliphatic rings. The van der Waals surface area contributed by atoms with Crippen molar-refractivity contribution in [2.75, 3.05) is 20.8 Å². The normalized spacial score (nSPS) is 19.1. The third-order valence-corrected chi connectivity index (χ3v) is 4.83. The van der Waals surface area contributed by atoms with Crippen LogP contribution in [0.25, 0.3) is 0 Å². The summed E-state index contributed by atoms with van der Waals surface area (Å²) >= 11 is 8.96. The second-order valence-electron chi connectivity index (χ2n) is 5.60. The monoisotopic (exact) mass is 412 g/mol. The molecule has 1 N–H and O–H groups in total. The molecule has 0 radical (unpaired) electrons. The first-order chi connectivity index (χ1) is 11.4. The van der Waals surface area contributed by atoms with E-state index in [1.807, 2.05) is 43.0 Å². The van der Waals surface area contributed by atoms with Gasteiger partial charge in [-0.2, -0.15) is 0 Å². The third-order valence-electron chi connectivity index (χ3n) is 3.98. The molecular weight excluding hydrogens is 392 g/mol. The van der Waals surface area contributed by atoms with E-state index in [-0.39, 0.29) is 18.1 Å². The van der Waals surface area contributed by atoms with Crippen LogP contribution in [0.2, 0.25) is 0 Å². The predicted octanol–water partition coefficient (Wildman–Crippen LogP) is 3.16. The van der Waals surface area contributed by atoms with Gasteiger partial charge in [0, 0.05) is 17.3 Å². The molecule has 5 nitrogen and oxygen atoms in total. The van der Waals surface area contributed by atoms with Gasteiger partial charge >= 0.3 is 5.97 Å². The highest BCUT2D eigenvalue weighted by Gasteiger charge is 2.36. The molecule has 1 aromatic rings. The number of nitrogens with one attached hydrogen (secondary N) is 1. The average molecular weight is 413 g/mol. The van der Waals surface area contributed by atoms with Gasteiger partial charge in [0.15, 0.2) is 5.11 Å². The highest BCUT2D eigenvalue weighted by Crippen LogP contribution is 2.32. The van der Waals surface area contributed by atoms with Crippen LogP contribution in [-0.2, 0) is 14.3 Å². The van der Waals surface area contributed by atoms with Crippen LogP contribution in [0.15, 0.2) is 40.0 Å². The van der Waals surface area contributed by atoms with E-state index >= 15 is 0 Å². The minimum Gasteiger partial charge on any atom is -0.466 e. The molecule has 7 heteroatoms. The van der Waals surface area contributed by atoms with Crippen LogP contribution in [0.3, 0.4) is 0 Å². The van der Waals surface area contributed by atoms with Crippen molar-refractivity contribution in [3.8, 4) is 0 Å². The highest BCUT2D eigenvalue weighted by atomic mass is 79.9. The molecule has 0 bridgehead atoms. The van der Waals surface area contributed by atoms with Crippen molar-refractivity contribution >= 4 is 39.2 Å². The number of allylic oxidation sites excluding steroid dienone is 1. The van der Waals surface area contributed by atoms with Gasteiger partial charge in [0.2, 0.25) is 0 Å².